The van der Waals surface area contributed by atoms with Gasteiger partial charge in [-0.1, -0.05) is 23.7 Å². The molecule has 7 nitrogen and oxygen atoms in total. The van der Waals surface area contributed by atoms with Crippen LogP contribution in [0.2, 0.25) is 5.02 Å². The van der Waals surface area contributed by atoms with Gasteiger partial charge in [0, 0.05) is 36.1 Å². The molecule has 0 atom stereocenters. The first-order valence-corrected chi connectivity index (χ1v) is 12.0. The van der Waals surface area contributed by atoms with E-state index in [1.165, 1.54) is 38.6 Å². The highest BCUT2D eigenvalue weighted by Crippen LogP contribution is 2.33. The molecule has 9 heteroatoms. The van der Waals surface area contributed by atoms with Crippen molar-refractivity contribution >= 4 is 29.1 Å². The first-order chi connectivity index (χ1) is 17.4. The van der Waals surface area contributed by atoms with Gasteiger partial charge in [0.25, 0.3) is 5.91 Å². The van der Waals surface area contributed by atoms with Crippen molar-refractivity contribution < 1.29 is 23.5 Å². The lowest BCUT2D eigenvalue weighted by molar-refractivity contribution is -0.115. The zero-order valence-corrected chi connectivity index (χ0v) is 20.8. The molecule has 1 saturated heterocycles. The number of likely N-dealkylation sites (tertiary alicyclic amines) is 1. The maximum atomic E-state index is 13.4. The van der Waals surface area contributed by atoms with Crippen molar-refractivity contribution in [3.63, 3.8) is 0 Å². The summed E-state index contributed by atoms with van der Waals surface area (Å²) in [6, 6.07) is 13.3. The molecule has 2 aromatic carbocycles. The molecule has 0 bridgehead atoms. The summed E-state index contributed by atoms with van der Waals surface area (Å²) in [6.07, 6.45) is 3.13. The quantitative estimate of drug-likeness (QED) is 0.478. The molecule has 1 aromatic heterocycles. The number of pyridine rings is 1. The predicted octanol–water partition coefficient (Wildman–Crippen LogP) is 5.09. The lowest BCUT2D eigenvalue weighted by Crippen LogP contribution is -2.38. The van der Waals surface area contributed by atoms with Gasteiger partial charge in [-0.2, -0.15) is 0 Å². The summed E-state index contributed by atoms with van der Waals surface area (Å²) in [5.74, 6) is 0.217. The van der Waals surface area contributed by atoms with E-state index < -0.39 is 5.82 Å². The molecular formula is C27H27ClFN3O4. The number of anilines is 1. The number of carbonyl (C=O) groups is 2. The Hall–Kier alpha value is -3.65. The summed E-state index contributed by atoms with van der Waals surface area (Å²) >= 11 is 6.06. The Labute approximate surface area is 214 Å². The topological polar surface area (TPSA) is 80.8 Å². The highest BCUT2D eigenvalue weighted by molar-refractivity contribution is 6.31. The van der Waals surface area contributed by atoms with Crippen molar-refractivity contribution in [1.82, 2.24) is 9.88 Å². The predicted molar refractivity (Wildman–Crippen MR) is 135 cm³/mol. The largest absolute Gasteiger partial charge is 0.493 e. The summed E-state index contributed by atoms with van der Waals surface area (Å²) in [7, 11) is 3.01. The number of piperidine rings is 1. The molecule has 4 rings (SSSR count). The highest BCUT2D eigenvalue weighted by atomic mass is 35.5. The van der Waals surface area contributed by atoms with E-state index in [-0.39, 0.29) is 23.9 Å². The molecule has 1 aliphatic rings. The SMILES string of the molecule is COc1ccnc(C(=O)N2CCC(c3ccc(NC(=O)Cc4cc(F)ccc4Cl)cc3)CC2)c1OC. The van der Waals surface area contributed by atoms with Crippen LogP contribution < -0.4 is 14.8 Å². The van der Waals surface area contributed by atoms with E-state index in [4.69, 9.17) is 21.1 Å². The Balaban J connectivity index is 1.33. The Morgan fingerprint density at radius 2 is 1.81 bits per heavy atom. The molecule has 0 aliphatic carbocycles. The van der Waals surface area contributed by atoms with Crippen LogP contribution in [0.25, 0.3) is 0 Å². The van der Waals surface area contributed by atoms with E-state index in [1.54, 1.807) is 11.0 Å². The molecule has 1 fully saturated rings. The summed E-state index contributed by atoms with van der Waals surface area (Å²) in [5.41, 5.74) is 2.48. The van der Waals surface area contributed by atoms with Crippen molar-refractivity contribution in [2.45, 2.75) is 25.2 Å². The molecule has 2 amide bonds. The zero-order chi connectivity index (χ0) is 25.7. The fraction of sp³-hybridized carbons (Fsp3) is 0.296. The second kappa shape index (κ2) is 11.4. The Morgan fingerprint density at radius 3 is 2.47 bits per heavy atom. The van der Waals surface area contributed by atoms with E-state index in [0.717, 1.165) is 18.4 Å². The second-order valence-electron chi connectivity index (χ2n) is 8.54. The molecule has 36 heavy (non-hydrogen) atoms. The Kier molecular flexibility index (Phi) is 8.05. The number of ether oxygens (including phenoxy) is 2. The van der Waals surface area contributed by atoms with Gasteiger partial charge < -0.3 is 19.7 Å². The van der Waals surface area contributed by atoms with E-state index in [9.17, 15) is 14.0 Å². The van der Waals surface area contributed by atoms with Crippen LogP contribution in [0.5, 0.6) is 11.5 Å². The van der Waals surface area contributed by atoms with Crippen LogP contribution in [-0.4, -0.2) is 49.0 Å². The molecule has 3 aromatic rings. The van der Waals surface area contributed by atoms with Crippen LogP contribution in [0.3, 0.4) is 0 Å². The van der Waals surface area contributed by atoms with Gasteiger partial charge in [-0.05, 0) is 60.2 Å². The molecule has 0 unspecified atom stereocenters. The van der Waals surface area contributed by atoms with Gasteiger partial charge in [0.15, 0.2) is 17.2 Å². The number of benzene rings is 2. The highest BCUT2D eigenvalue weighted by Gasteiger charge is 2.28. The smallest absolute Gasteiger partial charge is 0.276 e. The fourth-order valence-corrected chi connectivity index (χ4v) is 4.59. The number of halogens is 2. The third-order valence-electron chi connectivity index (χ3n) is 6.30. The van der Waals surface area contributed by atoms with Crippen molar-refractivity contribution in [3.8, 4) is 11.5 Å². The summed E-state index contributed by atoms with van der Waals surface area (Å²) in [5, 5.41) is 3.18. The van der Waals surface area contributed by atoms with E-state index in [0.29, 0.717) is 46.8 Å². The molecular weight excluding hydrogens is 485 g/mol. The minimum Gasteiger partial charge on any atom is -0.493 e. The molecule has 1 N–H and O–H groups in total. The molecule has 0 spiro atoms. The van der Waals surface area contributed by atoms with Gasteiger partial charge in [0.1, 0.15) is 5.82 Å². The standard InChI is InChI=1S/C27H27ClFN3O4/c1-35-23-9-12-30-25(26(23)36-2)27(34)32-13-10-18(11-14-32)17-3-6-21(7-4-17)31-24(33)16-19-15-20(29)5-8-22(19)28/h3-9,12,15,18H,10-11,13-14,16H2,1-2H3,(H,31,33). The average molecular weight is 512 g/mol. The number of hydrogen-bond donors (Lipinski definition) is 1. The monoisotopic (exact) mass is 511 g/mol. The van der Waals surface area contributed by atoms with Crippen LogP contribution in [0.1, 0.15) is 40.4 Å². The third-order valence-corrected chi connectivity index (χ3v) is 6.67. The first-order valence-electron chi connectivity index (χ1n) is 11.6. The molecule has 0 saturated carbocycles. The summed E-state index contributed by atoms with van der Waals surface area (Å²) in [6.45, 7) is 1.19. The van der Waals surface area contributed by atoms with Crippen LogP contribution in [0.15, 0.2) is 54.7 Å². The number of rotatable bonds is 7. The van der Waals surface area contributed by atoms with Crippen molar-refractivity contribution in [1.29, 1.82) is 0 Å². The first kappa shape index (κ1) is 25.4. The van der Waals surface area contributed by atoms with Crippen molar-refractivity contribution in [3.05, 3.63) is 82.4 Å². The van der Waals surface area contributed by atoms with Crippen LogP contribution in [-0.2, 0) is 11.2 Å². The lowest BCUT2D eigenvalue weighted by Gasteiger charge is -2.32. The fourth-order valence-electron chi connectivity index (χ4n) is 4.40. The molecule has 0 radical (unpaired) electrons. The van der Waals surface area contributed by atoms with Gasteiger partial charge in [-0.15, -0.1) is 0 Å². The van der Waals surface area contributed by atoms with Gasteiger partial charge in [-0.25, -0.2) is 9.37 Å². The van der Waals surface area contributed by atoms with Gasteiger partial charge in [0.2, 0.25) is 5.91 Å². The number of carbonyl (C=O) groups excluding carboxylic acids is 2. The minimum atomic E-state index is -0.432. The number of nitrogens with one attached hydrogen (secondary N) is 1. The Bertz CT molecular complexity index is 1240. The van der Waals surface area contributed by atoms with Crippen LogP contribution in [0.4, 0.5) is 10.1 Å². The summed E-state index contributed by atoms with van der Waals surface area (Å²) < 4.78 is 24.1. The average Bonchev–Trinajstić information content (AvgIpc) is 2.90. The number of nitrogens with zero attached hydrogens (tertiary/aromatic N) is 2. The van der Waals surface area contributed by atoms with Crippen LogP contribution >= 0.6 is 11.6 Å². The number of aromatic nitrogens is 1. The minimum absolute atomic E-state index is 0.0161. The number of amides is 2. The maximum Gasteiger partial charge on any atom is 0.276 e. The Morgan fingerprint density at radius 1 is 1.08 bits per heavy atom. The van der Waals surface area contributed by atoms with E-state index in [1.807, 2.05) is 24.3 Å². The molecule has 188 valence electrons. The normalized spacial score (nSPS) is 13.8. The van der Waals surface area contributed by atoms with E-state index in [2.05, 4.69) is 10.3 Å². The van der Waals surface area contributed by atoms with Crippen molar-refractivity contribution in [2.75, 3.05) is 32.6 Å². The van der Waals surface area contributed by atoms with Gasteiger partial charge in [0.05, 0.1) is 20.6 Å². The molecule has 2 heterocycles. The van der Waals surface area contributed by atoms with Gasteiger partial charge >= 0.3 is 0 Å². The zero-order valence-electron chi connectivity index (χ0n) is 20.1. The van der Waals surface area contributed by atoms with Crippen molar-refractivity contribution in [2.24, 2.45) is 0 Å². The van der Waals surface area contributed by atoms with Crippen LogP contribution in [0, 0.1) is 5.82 Å². The molecule has 1 aliphatic heterocycles. The number of hydrogen-bond acceptors (Lipinski definition) is 5. The maximum absolute atomic E-state index is 13.4. The third kappa shape index (κ3) is 5.76. The van der Waals surface area contributed by atoms with Gasteiger partial charge in [-0.3, -0.25) is 9.59 Å². The lowest BCUT2D eigenvalue weighted by atomic mass is 9.89. The number of methoxy groups -OCH3 is 2. The van der Waals surface area contributed by atoms with E-state index >= 15 is 0 Å². The summed E-state index contributed by atoms with van der Waals surface area (Å²) in [4.78, 5) is 31.5. The second-order valence-corrected chi connectivity index (χ2v) is 8.95.